The second-order valence-electron chi connectivity index (χ2n) is 8.99. The maximum absolute atomic E-state index is 12.5. The summed E-state index contributed by atoms with van der Waals surface area (Å²) in [5, 5.41) is 8.53. The van der Waals surface area contributed by atoms with Gasteiger partial charge in [0.2, 0.25) is 0 Å². The van der Waals surface area contributed by atoms with Crippen molar-refractivity contribution in [3.8, 4) is 0 Å². The van der Waals surface area contributed by atoms with Gasteiger partial charge < -0.3 is 4.57 Å². The van der Waals surface area contributed by atoms with Crippen molar-refractivity contribution < 1.29 is 12.6 Å². The van der Waals surface area contributed by atoms with Gasteiger partial charge in [0.15, 0.2) is 0 Å². The van der Waals surface area contributed by atoms with Gasteiger partial charge in [-0.3, -0.25) is 4.18 Å². The van der Waals surface area contributed by atoms with E-state index in [1.54, 1.807) is 24.3 Å². The molecule has 0 bridgehead atoms. The predicted octanol–water partition coefficient (Wildman–Crippen LogP) is 4.29. The molecular formula is C24H28N4O3S. The number of aryl methyl sites for hydroxylation is 1. The quantitative estimate of drug-likeness (QED) is 0.391. The Kier molecular flexibility index (Phi) is 5.92. The van der Waals surface area contributed by atoms with Crippen LogP contribution < -0.4 is 0 Å². The van der Waals surface area contributed by atoms with E-state index >= 15 is 0 Å². The van der Waals surface area contributed by atoms with Crippen LogP contribution >= 0.6 is 0 Å². The van der Waals surface area contributed by atoms with Crippen LogP contribution in [0.3, 0.4) is 0 Å². The van der Waals surface area contributed by atoms with E-state index in [1.807, 2.05) is 40.4 Å². The molecule has 0 saturated heterocycles. The summed E-state index contributed by atoms with van der Waals surface area (Å²) in [4.78, 5) is 0.167. The van der Waals surface area contributed by atoms with E-state index < -0.39 is 10.1 Å². The summed E-state index contributed by atoms with van der Waals surface area (Å²) in [5.74, 6) is 0. The minimum absolute atomic E-state index is 0.0412. The molecule has 0 spiro atoms. The highest BCUT2D eigenvalue weighted by Crippen LogP contribution is 2.25. The predicted molar refractivity (Wildman–Crippen MR) is 124 cm³/mol. The molecular weight excluding hydrogens is 424 g/mol. The summed E-state index contributed by atoms with van der Waals surface area (Å²) in [7, 11) is -3.80. The molecule has 4 rings (SSSR count). The van der Waals surface area contributed by atoms with Crippen molar-refractivity contribution in [1.29, 1.82) is 0 Å². The third kappa shape index (κ3) is 4.76. The molecule has 2 aromatic heterocycles. The number of hydrogen-bond donors (Lipinski definition) is 0. The highest BCUT2D eigenvalue weighted by atomic mass is 32.2. The molecule has 0 N–H and O–H groups in total. The average Bonchev–Trinajstić information content (AvgIpc) is 3.33. The summed E-state index contributed by atoms with van der Waals surface area (Å²) in [6, 6.07) is 16.6. The molecule has 0 aliphatic heterocycles. The van der Waals surface area contributed by atoms with Gasteiger partial charge in [0.1, 0.15) is 5.52 Å². The van der Waals surface area contributed by atoms with Crippen LogP contribution in [0, 0.1) is 6.92 Å². The Morgan fingerprint density at radius 1 is 1.03 bits per heavy atom. The molecule has 4 aromatic rings. The first kappa shape index (κ1) is 22.2. The van der Waals surface area contributed by atoms with Crippen molar-refractivity contribution in [2.24, 2.45) is 0 Å². The van der Waals surface area contributed by atoms with E-state index in [0.29, 0.717) is 13.1 Å². The Hall–Kier alpha value is -2.97. The summed E-state index contributed by atoms with van der Waals surface area (Å²) in [6.07, 6.45) is 2.07. The standard InChI is InChI=1S/C24H28N4O3S/c1-18-9-11-21(12-10-18)32(29,30)31-14-13-27-16-19(24(2,3)4)15-20(27)17-28-23-8-6-5-7-22(23)25-26-28/h5-12,15-16H,13-14,17H2,1-4H3. The minimum atomic E-state index is -3.80. The van der Waals surface area contributed by atoms with E-state index in [2.05, 4.69) is 43.3 Å². The molecule has 0 aliphatic rings. The molecule has 32 heavy (non-hydrogen) atoms. The van der Waals surface area contributed by atoms with Crippen molar-refractivity contribution in [3.05, 3.63) is 77.6 Å². The van der Waals surface area contributed by atoms with Gasteiger partial charge >= 0.3 is 0 Å². The van der Waals surface area contributed by atoms with Gasteiger partial charge in [0.05, 0.1) is 23.6 Å². The summed E-state index contributed by atoms with van der Waals surface area (Å²) in [6.45, 7) is 9.35. The number of hydrogen-bond acceptors (Lipinski definition) is 5. The molecule has 0 amide bonds. The number of fused-ring (bicyclic) bond motifs is 1. The second-order valence-corrected chi connectivity index (χ2v) is 10.6. The van der Waals surface area contributed by atoms with E-state index in [-0.39, 0.29) is 16.9 Å². The fourth-order valence-corrected chi connectivity index (χ4v) is 4.41. The first-order valence-corrected chi connectivity index (χ1v) is 12.0. The van der Waals surface area contributed by atoms with Crippen LogP contribution in [-0.4, -0.2) is 34.6 Å². The molecule has 0 saturated carbocycles. The van der Waals surface area contributed by atoms with Crippen molar-refractivity contribution >= 4 is 21.2 Å². The van der Waals surface area contributed by atoms with Crippen LogP contribution in [0.5, 0.6) is 0 Å². The fourth-order valence-electron chi connectivity index (χ4n) is 3.51. The minimum Gasteiger partial charge on any atom is -0.347 e. The summed E-state index contributed by atoms with van der Waals surface area (Å²) in [5.41, 5.74) is 4.93. The maximum atomic E-state index is 12.5. The summed E-state index contributed by atoms with van der Waals surface area (Å²) >= 11 is 0. The molecule has 8 heteroatoms. The Balaban J connectivity index is 1.55. The van der Waals surface area contributed by atoms with E-state index in [1.165, 1.54) is 5.56 Å². The van der Waals surface area contributed by atoms with Crippen LogP contribution in [0.2, 0.25) is 0 Å². The first-order valence-electron chi connectivity index (χ1n) is 10.6. The lowest BCUT2D eigenvalue weighted by Gasteiger charge is -2.16. The van der Waals surface area contributed by atoms with E-state index in [4.69, 9.17) is 4.18 Å². The highest BCUT2D eigenvalue weighted by Gasteiger charge is 2.20. The van der Waals surface area contributed by atoms with Crippen molar-refractivity contribution in [1.82, 2.24) is 19.6 Å². The maximum Gasteiger partial charge on any atom is 0.297 e. The van der Waals surface area contributed by atoms with Crippen LogP contribution in [0.1, 0.15) is 37.6 Å². The smallest absolute Gasteiger partial charge is 0.297 e. The number of rotatable bonds is 7. The van der Waals surface area contributed by atoms with Gasteiger partial charge in [-0.1, -0.05) is 55.8 Å². The monoisotopic (exact) mass is 452 g/mol. The number of nitrogens with zero attached hydrogens (tertiary/aromatic N) is 4. The third-order valence-electron chi connectivity index (χ3n) is 5.46. The van der Waals surface area contributed by atoms with Crippen molar-refractivity contribution in [2.45, 2.75) is 51.1 Å². The van der Waals surface area contributed by atoms with Gasteiger partial charge in [0, 0.05) is 18.4 Å². The zero-order valence-electron chi connectivity index (χ0n) is 18.8. The van der Waals surface area contributed by atoms with Gasteiger partial charge in [0.25, 0.3) is 10.1 Å². The van der Waals surface area contributed by atoms with Gasteiger partial charge in [-0.05, 0) is 48.2 Å². The normalized spacial score (nSPS) is 12.5. The fraction of sp³-hybridized carbons (Fsp3) is 0.333. The largest absolute Gasteiger partial charge is 0.347 e. The third-order valence-corrected chi connectivity index (χ3v) is 6.79. The van der Waals surface area contributed by atoms with Crippen molar-refractivity contribution in [3.63, 3.8) is 0 Å². The average molecular weight is 453 g/mol. The van der Waals surface area contributed by atoms with Gasteiger partial charge in [-0.15, -0.1) is 5.10 Å². The Morgan fingerprint density at radius 3 is 2.47 bits per heavy atom. The lowest BCUT2D eigenvalue weighted by Crippen LogP contribution is -2.15. The molecule has 0 unspecified atom stereocenters. The molecule has 0 atom stereocenters. The van der Waals surface area contributed by atoms with Gasteiger partial charge in [-0.2, -0.15) is 8.42 Å². The van der Waals surface area contributed by atoms with E-state index in [0.717, 1.165) is 22.3 Å². The molecule has 0 fully saturated rings. The zero-order chi connectivity index (χ0) is 22.9. The summed E-state index contributed by atoms with van der Waals surface area (Å²) < 4.78 is 34.3. The second kappa shape index (κ2) is 8.52. The van der Waals surface area contributed by atoms with Crippen LogP contribution in [-0.2, 0) is 32.8 Å². The Morgan fingerprint density at radius 2 is 1.75 bits per heavy atom. The van der Waals surface area contributed by atoms with Crippen LogP contribution in [0.25, 0.3) is 11.0 Å². The van der Waals surface area contributed by atoms with Crippen LogP contribution in [0.15, 0.2) is 65.7 Å². The molecule has 168 valence electrons. The Labute approximate surface area is 188 Å². The lowest BCUT2D eigenvalue weighted by atomic mass is 9.89. The zero-order valence-corrected chi connectivity index (χ0v) is 19.6. The van der Waals surface area contributed by atoms with E-state index in [9.17, 15) is 8.42 Å². The number of benzene rings is 2. The highest BCUT2D eigenvalue weighted by molar-refractivity contribution is 7.86. The van der Waals surface area contributed by atoms with Gasteiger partial charge in [-0.25, -0.2) is 4.68 Å². The molecule has 7 nitrogen and oxygen atoms in total. The Bertz CT molecular complexity index is 1330. The molecule has 0 radical (unpaired) electrons. The van der Waals surface area contributed by atoms with Crippen LogP contribution in [0.4, 0.5) is 0 Å². The topological polar surface area (TPSA) is 79.0 Å². The number of aromatic nitrogens is 4. The molecule has 2 heterocycles. The molecule has 2 aromatic carbocycles. The number of para-hydroxylation sites is 1. The molecule has 0 aliphatic carbocycles. The first-order chi connectivity index (χ1) is 15.1. The lowest BCUT2D eigenvalue weighted by molar-refractivity contribution is 0.298. The van der Waals surface area contributed by atoms with Crippen molar-refractivity contribution in [2.75, 3.05) is 6.61 Å². The SMILES string of the molecule is Cc1ccc(S(=O)(=O)OCCn2cc(C(C)(C)C)cc2Cn2nnc3ccccc32)cc1.